The SMILES string of the molecule is CC(C)c1ccc(NC(=O)NCCCCCCCCCCC[Si](O)(O)O[Si](O)(O)CCCCCCCCCCCNC(=O)Cc2cc(=O)oc3cc(N(C)C)ccc23)cc1. The van der Waals surface area contributed by atoms with Crippen molar-refractivity contribution in [2.75, 3.05) is 37.4 Å². The molecule has 0 aliphatic heterocycles. The van der Waals surface area contributed by atoms with Crippen LogP contribution in [0.5, 0.6) is 0 Å². The van der Waals surface area contributed by atoms with Crippen molar-refractivity contribution >= 4 is 51.9 Å². The van der Waals surface area contributed by atoms with Gasteiger partial charge in [-0.15, -0.1) is 0 Å². The Balaban J connectivity index is 1.09. The van der Waals surface area contributed by atoms with Crippen LogP contribution in [0.4, 0.5) is 16.2 Å². The molecule has 0 saturated heterocycles. The third-order valence-electron chi connectivity index (χ3n) is 10.8. The highest BCUT2D eigenvalue weighted by Gasteiger charge is 2.44. The quantitative estimate of drug-likeness (QED) is 0.0188. The maximum atomic E-state index is 12.6. The van der Waals surface area contributed by atoms with Crippen molar-refractivity contribution in [2.45, 2.75) is 154 Å². The van der Waals surface area contributed by atoms with Crippen molar-refractivity contribution in [2.24, 2.45) is 0 Å². The second-order valence-corrected chi connectivity index (χ2v) is 21.6. The van der Waals surface area contributed by atoms with E-state index in [1.165, 1.54) is 11.6 Å². The predicted molar refractivity (Wildman–Crippen MR) is 245 cm³/mol. The van der Waals surface area contributed by atoms with Gasteiger partial charge in [0.05, 0.1) is 6.42 Å². The number of carbonyl (C=O) groups excluding carboxylic acids is 2. The molecule has 336 valence electrons. The van der Waals surface area contributed by atoms with Gasteiger partial charge in [-0.05, 0) is 67.0 Å². The Kier molecular flexibility index (Phi) is 23.2. The van der Waals surface area contributed by atoms with Gasteiger partial charge in [0.15, 0.2) is 0 Å². The molecule has 0 fully saturated rings. The van der Waals surface area contributed by atoms with Crippen molar-refractivity contribution < 1.29 is 37.3 Å². The van der Waals surface area contributed by atoms with Crippen LogP contribution in [0, 0.1) is 0 Å². The molecule has 0 atom stereocenters. The smallest absolute Gasteiger partial charge is 0.423 e. The van der Waals surface area contributed by atoms with Gasteiger partial charge >= 0.3 is 29.3 Å². The van der Waals surface area contributed by atoms with E-state index in [9.17, 15) is 33.6 Å². The molecule has 60 heavy (non-hydrogen) atoms. The van der Waals surface area contributed by atoms with E-state index in [0.29, 0.717) is 43.0 Å². The van der Waals surface area contributed by atoms with Crippen molar-refractivity contribution in [3.8, 4) is 0 Å². The Labute approximate surface area is 360 Å². The third-order valence-corrected chi connectivity index (χ3v) is 15.4. The minimum atomic E-state index is -4.13. The standard InChI is InChI=1S/C45H74N4O9Si2/c1-36(2)37-23-25-39(26-24-37)48-45(52)47-30-20-16-12-8-6-10-14-18-22-32-60(55,56)58-59(53,54)31-21-17-13-9-5-7-11-15-19-29-46-43(50)33-38-34-44(51)57-42-35-40(49(3)4)27-28-41(38)42/h23-28,34-36,53-56H,5-22,29-33H2,1-4H3,(H,46,50)(H2,47,48,52). The minimum absolute atomic E-state index is 0.0655. The fourth-order valence-corrected chi connectivity index (χ4v) is 11.6. The van der Waals surface area contributed by atoms with Gasteiger partial charge in [-0.1, -0.05) is 116 Å². The molecular weight excluding hydrogens is 797 g/mol. The molecule has 15 heteroatoms. The number of hydrogen-bond donors (Lipinski definition) is 7. The number of hydrogen-bond acceptors (Lipinski definition) is 10. The molecule has 0 unspecified atom stereocenters. The molecular formula is C45H74N4O9Si2. The zero-order valence-corrected chi connectivity index (χ0v) is 38.7. The molecule has 13 nitrogen and oxygen atoms in total. The predicted octanol–water partition coefficient (Wildman–Crippen LogP) is 8.35. The number of benzene rings is 2. The first kappa shape index (κ1) is 50.8. The Morgan fingerprint density at radius 3 is 1.65 bits per heavy atom. The third kappa shape index (κ3) is 21.3. The van der Waals surface area contributed by atoms with Crippen LogP contribution < -0.4 is 26.5 Å². The summed E-state index contributed by atoms with van der Waals surface area (Å²) in [5.74, 6) is 0.339. The van der Waals surface area contributed by atoms with Crippen LogP contribution in [0.15, 0.2) is 57.7 Å². The van der Waals surface area contributed by atoms with Crippen molar-refractivity contribution in [1.82, 2.24) is 10.6 Å². The minimum Gasteiger partial charge on any atom is -0.423 e. The van der Waals surface area contributed by atoms with Crippen LogP contribution in [0.3, 0.4) is 0 Å². The van der Waals surface area contributed by atoms with Crippen LogP contribution in [0.2, 0.25) is 12.1 Å². The van der Waals surface area contributed by atoms with Crippen molar-refractivity contribution in [1.29, 1.82) is 0 Å². The first-order valence-electron chi connectivity index (χ1n) is 22.4. The molecule has 0 bridgehead atoms. The van der Waals surface area contributed by atoms with Crippen LogP contribution in [0.25, 0.3) is 11.0 Å². The molecule has 3 amide bonds. The summed E-state index contributed by atoms with van der Waals surface area (Å²) < 4.78 is 10.5. The van der Waals surface area contributed by atoms with Gasteiger partial charge in [0, 0.05) is 68.2 Å². The number of urea groups is 1. The molecule has 0 radical (unpaired) electrons. The fourth-order valence-electron chi connectivity index (χ4n) is 7.23. The average Bonchev–Trinajstić information content (AvgIpc) is 3.18. The maximum Gasteiger partial charge on any atom is 0.488 e. The highest BCUT2D eigenvalue weighted by atomic mass is 28.5. The maximum absolute atomic E-state index is 12.6. The molecule has 0 spiro atoms. The number of anilines is 2. The number of fused-ring (bicyclic) bond motifs is 1. The molecule has 1 aromatic heterocycles. The summed E-state index contributed by atoms with van der Waals surface area (Å²) in [4.78, 5) is 80.2. The van der Waals surface area contributed by atoms with E-state index in [-0.39, 0.29) is 30.4 Å². The second-order valence-electron chi connectivity index (χ2n) is 16.8. The van der Waals surface area contributed by atoms with E-state index < -0.39 is 23.2 Å². The number of amides is 3. The van der Waals surface area contributed by atoms with Crippen molar-refractivity contribution in [3.63, 3.8) is 0 Å². The van der Waals surface area contributed by atoms with E-state index in [1.54, 1.807) is 6.07 Å². The van der Waals surface area contributed by atoms with E-state index >= 15 is 0 Å². The van der Waals surface area contributed by atoms with Crippen LogP contribution in [-0.2, 0) is 15.3 Å². The van der Waals surface area contributed by atoms with E-state index in [0.717, 1.165) is 119 Å². The van der Waals surface area contributed by atoms with E-state index in [2.05, 4.69) is 29.8 Å². The van der Waals surface area contributed by atoms with Gasteiger partial charge in [0.25, 0.3) is 0 Å². The number of nitrogens with zero attached hydrogens (tertiary/aromatic N) is 1. The lowest BCUT2D eigenvalue weighted by Gasteiger charge is -2.25. The molecule has 3 aromatic rings. The lowest BCUT2D eigenvalue weighted by Crippen LogP contribution is -2.52. The zero-order valence-electron chi connectivity index (χ0n) is 36.7. The van der Waals surface area contributed by atoms with Gasteiger partial charge in [0.2, 0.25) is 5.91 Å². The molecule has 7 N–H and O–H groups in total. The topological polar surface area (TPSA) is 194 Å². The Morgan fingerprint density at radius 1 is 0.667 bits per heavy atom. The summed E-state index contributed by atoms with van der Waals surface area (Å²) in [6.07, 6.45) is 17.5. The monoisotopic (exact) mass is 870 g/mol. The first-order valence-corrected chi connectivity index (χ1v) is 26.4. The summed E-state index contributed by atoms with van der Waals surface area (Å²) in [6, 6.07) is 14.9. The summed E-state index contributed by atoms with van der Waals surface area (Å²) >= 11 is 0. The molecule has 0 aliphatic carbocycles. The molecule has 3 rings (SSSR count). The molecule has 0 saturated carbocycles. The van der Waals surface area contributed by atoms with Gasteiger partial charge in [-0.3, -0.25) is 4.79 Å². The van der Waals surface area contributed by atoms with Gasteiger partial charge in [-0.25, -0.2) is 9.59 Å². The lowest BCUT2D eigenvalue weighted by molar-refractivity contribution is -0.120. The normalized spacial score (nSPS) is 11.9. The average molecular weight is 871 g/mol. The van der Waals surface area contributed by atoms with E-state index in [1.807, 2.05) is 55.4 Å². The summed E-state index contributed by atoms with van der Waals surface area (Å²) in [6.45, 7) is 5.51. The fraction of sp³-hybridized carbons (Fsp3) is 0.622. The first-order chi connectivity index (χ1) is 28.6. The van der Waals surface area contributed by atoms with Gasteiger partial charge in [0.1, 0.15) is 5.58 Å². The molecule has 2 aromatic carbocycles. The lowest BCUT2D eigenvalue weighted by atomic mass is 10.0. The Morgan fingerprint density at radius 2 is 1.15 bits per heavy atom. The van der Waals surface area contributed by atoms with Crippen molar-refractivity contribution in [3.05, 3.63) is 70.1 Å². The number of nitrogens with one attached hydrogen (secondary N) is 3. The largest absolute Gasteiger partial charge is 0.488 e. The van der Waals surface area contributed by atoms with Crippen LogP contribution in [0.1, 0.15) is 146 Å². The molecule has 0 aliphatic rings. The number of carbonyl (C=O) groups is 2. The van der Waals surface area contributed by atoms with Crippen LogP contribution >= 0.6 is 0 Å². The highest BCUT2D eigenvalue weighted by molar-refractivity contribution is 6.72. The summed E-state index contributed by atoms with van der Waals surface area (Å²) in [5, 5.41) is 9.52. The molecule has 1 heterocycles. The Hall–Kier alpha value is -3.58. The summed E-state index contributed by atoms with van der Waals surface area (Å²) in [5.41, 5.74) is 3.61. The van der Waals surface area contributed by atoms with Crippen LogP contribution in [-0.4, -0.2) is 75.9 Å². The zero-order chi connectivity index (χ0) is 43.8. The van der Waals surface area contributed by atoms with Gasteiger partial charge in [-0.2, -0.15) is 0 Å². The Bertz CT molecular complexity index is 1750. The second kappa shape index (κ2) is 27.4. The number of unbranched alkanes of at least 4 members (excludes halogenated alkanes) is 16. The number of rotatable bonds is 31. The highest BCUT2D eigenvalue weighted by Crippen LogP contribution is 2.24. The van der Waals surface area contributed by atoms with E-state index in [4.69, 9.17) is 8.53 Å². The summed E-state index contributed by atoms with van der Waals surface area (Å²) in [7, 11) is -4.43. The van der Waals surface area contributed by atoms with Gasteiger partial charge < -0.3 is 48.6 Å².